The molecule has 0 unspecified atom stereocenters. The zero-order chi connectivity index (χ0) is 19.6. The fourth-order valence-corrected chi connectivity index (χ4v) is 4.05. The minimum absolute atomic E-state index is 0.0765. The first kappa shape index (κ1) is 19.6. The number of rotatable bonds is 7. The van der Waals surface area contributed by atoms with Crippen molar-refractivity contribution >= 4 is 38.0 Å². The molecule has 3 rings (SSSR count). The third-order valence-electron chi connectivity index (χ3n) is 4.44. The Kier molecular flexibility index (Phi) is 5.67. The average Bonchev–Trinajstić information content (AvgIpc) is 2.87. The number of halogens is 1. The largest absolute Gasteiger partial charge is 0.492 e. The van der Waals surface area contributed by atoms with Crippen LogP contribution in [0.4, 0.5) is 5.69 Å². The van der Waals surface area contributed by atoms with E-state index in [2.05, 4.69) is 30.2 Å². The molecule has 0 aliphatic heterocycles. The molecule has 0 aliphatic rings. The molecule has 0 fully saturated rings. The van der Waals surface area contributed by atoms with Gasteiger partial charge in [0.1, 0.15) is 12.4 Å². The van der Waals surface area contributed by atoms with E-state index >= 15 is 0 Å². The topological polar surface area (TPSA) is 71.2 Å². The maximum Gasteiger partial charge on any atom is 0.151 e. The summed E-state index contributed by atoms with van der Waals surface area (Å²) in [5.41, 5.74) is 4.89. The molecule has 3 aromatic rings. The lowest BCUT2D eigenvalue weighted by atomic mass is 10.1. The van der Waals surface area contributed by atoms with Gasteiger partial charge in [0, 0.05) is 46.2 Å². The Morgan fingerprint density at radius 1 is 1.15 bits per heavy atom. The summed E-state index contributed by atoms with van der Waals surface area (Å²) in [6.07, 6.45) is 1.20. The summed E-state index contributed by atoms with van der Waals surface area (Å²) in [6.45, 7) is 5.22. The average molecular weight is 407 g/mol. The van der Waals surface area contributed by atoms with Crippen molar-refractivity contribution in [3.8, 4) is 5.75 Å². The molecule has 144 valence electrons. The number of hydrogen-bond acceptors (Lipinski definition) is 4. The molecule has 2 N–H and O–H groups in total. The summed E-state index contributed by atoms with van der Waals surface area (Å²) in [5.74, 6) is 0.728. The number of aromatic amines is 1. The molecule has 0 aliphatic carbocycles. The molecule has 0 bridgehead atoms. The second-order valence-corrected chi connectivity index (χ2v) is 9.28. The van der Waals surface area contributed by atoms with Crippen molar-refractivity contribution in [2.24, 2.45) is 0 Å². The SMILES string of the molecule is Cc1[nH]c2cc(OCCNc3ccc(Cl)c(CS(C)(=O)=O)c3)ccc2c1C. The zero-order valence-electron chi connectivity index (χ0n) is 15.6. The van der Waals surface area contributed by atoms with E-state index in [9.17, 15) is 8.42 Å². The van der Waals surface area contributed by atoms with Gasteiger partial charge in [-0.25, -0.2) is 8.42 Å². The number of fused-ring (bicyclic) bond motifs is 1. The van der Waals surface area contributed by atoms with Crippen molar-refractivity contribution in [1.29, 1.82) is 0 Å². The highest BCUT2D eigenvalue weighted by Crippen LogP contribution is 2.25. The van der Waals surface area contributed by atoms with Gasteiger partial charge >= 0.3 is 0 Å². The summed E-state index contributed by atoms with van der Waals surface area (Å²) in [4.78, 5) is 3.36. The molecule has 1 heterocycles. The van der Waals surface area contributed by atoms with Crippen LogP contribution in [0.15, 0.2) is 36.4 Å². The first-order valence-corrected chi connectivity index (χ1v) is 11.1. The third kappa shape index (κ3) is 4.96. The number of sulfone groups is 1. The van der Waals surface area contributed by atoms with Crippen molar-refractivity contribution in [3.63, 3.8) is 0 Å². The number of hydrogen-bond donors (Lipinski definition) is 2. The first-order valence-electron chi connectivity index (χ1n) is 8.65. The number of nitrogens with one attached hydrogen (secondary N) is 2. The van der Waals surface area contributed by atoms with Gasteiger partial charge in [0.05, 0.1) is 5.75 Å². The normalized spacial score (nSPS) is 11.7. The van der Waals surface area contributed by atoms with Crippen LogP contribution in [-0.4, -0.2) is 32.8 Å². The van der Waals surface area contributed by atoms with Gasteiger partial charge in [0.2, 0.25) is 0 Å². The van der Waals surface area contributed by atoms with E-state index in [4.69, 9.17) is 16.3 Å². The lowest BCUT2D eigenvalue weighted by Crippen LogP contribution is -2.12. The van der Waals surface area contributed by atoms with E-state index in [-0.39, 0.29) is 5.75 Å². The van der Waals surface area contributed by atoms with E-state index in [1.165, 1.54) is 17.2 Å². The molecular weight excluding hydrogens is 384 g/mol. The standard InChI is InChI=1S/C20H23ClN2O3S/c1-13-14(2)23-20-11-17(5-6-18(13)20)26-9-8-22-16-4-7-19(21)15(10-16)12-27(3,24)25/h4-7,10-11,22-23H,8-9,12H2,1-3H3. The number of anilines is 1. The number of aromatic nitrogens is 1. The summed E-state index contributed by atoms with van der Waals surface area (Å²) >= 11 is 6.08. The van der Waals surface area contributed by atoms with Crippen LogP contribution in [0.2, 0.25) is 5.02 Å². The summed E-state index contributed by atoms with van der Waals surface area (Å²) in [5, 5.41) is 4.89. The zero-order valence-corrected chi connectivity index (χ0v) is 17.2. The van der Waals surface area contributed by atoms with E-state index in [1.807, 2.05) is 18.2 Å². The maximum absolute atomic E-state index is 11.5. The Morgan fingerprint density at radius 3 is 2.67 bits per heavy atom. The van der Waals surface area contributed by atoms with Crippen LogP contribution in [-0.2, 0) is 15.6 Å². The summed E-state index contributed by atoms with van der Waals surface area (Å²) in [6, 6.07) is 11.3. The second-order valence-electron chi connectivity index (χ2n) is 6.73. The lowest BCUT2D eigenvalue weighted by Gasteiger charge is -2.11. The third-order valence-corrected chi connectivity index (χ3v) is 5.65. The Morgan fingerprint density at radius 2 is 1.93 bits per heavy atom. The number of benzene rings is 2. The van der Waals surface area contributed by atoms with Crippen LogP contribution in [0.1, 0.15) is 16.8 Å². The van der Waals surface area contributed by atoms with Crippen LogP contribution < -0.4 is 10.1 Å². The molecular formula is C20H23ClN2O3S. The van der Waals surface area contributed by atoms with Crippen molar-refractivity contribution in [1.82, 2.24) is 4.98 Å². The Balaban J connectivity index is 1.58. The number of aryl methyl sites for hydroxylation is 2. The molecule has 0 saturated carbocycles. The van der Waals surface area contributed by atoms with Crippen molar-refractivity contribution in [3.05, 3.63) is 58.2 Å². The predicted molar refractivity (Wildman–Crippen MR) is 112 cm³/mol. The van der Waals surface area contributed by atoms with Gasteiger partial charge in [-0.3, -0.25) is 0 Å². The molecule has 0 radical (unpaired) electrons. The fraction of sp³-hybridized carbons (Fsp3) is 0.300. The Hall–Kier alpha value is -2.18. The first-order chi connectivity index (χ1) is 12.7. The van der Waals surface area contributed by atoms with Crippen LogP contribution in [0.25, 0.3) is 10.9 Å². The molecule has 0 saturated heterocycles. The van der Waals surface area contributed by atoms with E-state index in [1.54, 1.807) is 12.1 Å². The number of ether oxygens (including phenoxy) is 1. The molecule has 0 amide bonds. The molecule has 0 spiro atoms. The van der Waals surface area contributed by atoms with Gasteiger partial charge in [0.25, 0.3) is 0 Å². The molecule has 7 heteroatoms. The molecule has 2 aromatic carbocycles. The monoisotopic (exact) mass is 406 g/mol. The number of H-pyrrole nitrogens is 1. The summed E-state index contributed by atoms with van der Waals surface area (Å²) in [7, 11) is -3.14. The van der Waals surface area contributed by atoms with Crippen LogP contribution in [0.5, 0.6) is 5.75 Å². The smallest absolute Gasteiger partial charge is 0.151 e. The lowest BCUT2D eigenvalue weighted by molar-refractivity contribution is 0.333. The van der Waals surface area contributed by atoms with Gasteiger partial charge in [0.15, 0.2) is 9.84 Å². The second kappa shape index (κ2) is 7.82. The van der Waals surface area contributed by atoms with Crippen molar-refractivity contribution < 1.29 is 13.2 Å². The quantitative estimate of drug-likeness (QED) is 0.568. The van der Waals surface area contributed by atoms with Crippen molar-refractivity contribution in [2.45, 2.75) is 19.6 Å². The van der Waals surface area contributed by atoms with Gasteiger partial charge in [-0.05, 0) is 55.3 Å². The van der Waals surface area contributed by atoms with Gasteiger partial charge in [-0.15, -0.1) is 0 Å². The highest BCUT2D eigenvalue weighted by molar-refractivity contribution is 7.89. The highest BCUT2D eigenvalue weighted by Gasteiger charge is 2.09. The van der Waals surface area contributed by atoms with E-state index < -0.39 is 9.84 Å². The highest BCUT2D eigenvalue weighted by atomic mass is 35.5. The fourth-order valence-electron chi connectivity index (χ4n) is 2.98. The van der Waals surface area contributed by atoms with E-state index in [0.29, 0.717) is 23.7 Å². The minimum atomic E-state index is -3.14. The molecule has 1 aromatic heterocycles. The van der Waals surface area contributed by atoms with Crippen LogP contribution >= 0.6 is 11.6 Å². The van der Waals surface area contributed by atoms with Crippen LogP contribution in [0.3, 0.4) is 0 Å². The molecule has 27 heavy (non-hydrogen) atoms. The van der Waals surface area contributed by atoms with Gasteiger partial charge < -0.3 is 15.0 Å². The Bertz CT molecular complexity index is 1070. The maximum atomic E-state index is 11.5. The van der Waals surface area contributed by atoms with Crippen LogP contribution in [0, 0.1) is 13.8 Å². The van der Waals surface area contributed by atoms with Crippen molar-refractivity contribution in [2.75, 3.05) is 24.7 Å². The van der Waals surface area contributed by atoms with E-state index in [0.717, 1.165) is 22.6 Å². The predicted octanol–water partition coefficient (Wildman–Crippen LogP) is 4.47. The Labute approximate surface area is 164 Å². The van der Waals surface area contributed by atoms with Gasteiger partial charge in [-0.2, -0.15) is 0 Å². The minimum Gasteiger partial charge on any atom is -0.492 e. The summed E-state index contributed by atoms with van der Waals surface area (Å²) < 4.78 is 28.8. The molecule has 5 nitrogen and oxygen atoms in total. The molecule has 0 atom stereocenters. The van der Waals surface area contributed by atoms with Gasteiger partial charge in [-0.1, -0.05) is 11.6 Å².